The molecule has 0 aromatic heterocycles. The molecule has 35 heavy (non-hydrogen) atoms. The third-order valence-electron chi connectivity index (χ3n) is 8.02. The summed E-state index contributed by atoms with van der Waals surface area (Å²) in [5.41, 5.74) is -0.0815. The molecule has 1 aliphatic heterocycles. The minimum atomic E-state index is -4.56. The lowest BCUT2D eigenvalue weighted by Gasteiger charge is -2.43. The Balaban J connectivity index is 1.72. The molecule has 2 aromatic carbocycles. The van der Waals surface area contributed by atoms with Gasteiger partial charge in [-0.2, -0.15) is 13.2 Å². The van der Waals surface area contributed by atoms with Crippen molar-refractivity contribution in [1.82, 2.24) is 4.90 Å². The van der Waals surface area contributed by atoms with E-state index in [0.29, 0.717) is 36.3 Å². The third-order valence-corrected chi connectivity index (χ3v) is 8.02. The van der Waals surface area contributed by atoms with E-state index in [9.17, 15) is 23.1 Å². The molecular formula is C28H36F3NO3. The van der Waals surface area contributed by atoms with Crippen LogP contribution in [0.1, 0.15) is 76.8 Å². The monoisotopic (exact) mass is 491 g/mol. The van der Waals surface area contributed by atoms with Crippen molar-refractivity contribution in [2.75, 3.05) is 0 Å². The summed E-state index contributed by atoms with van der Waals surface area (Å²) in [5.74, 6) is -0.707. The molecule has 1 heterocycles. The maximum Gasteiger partial charge on any atom is 0.420 e. The molecule has 0 radical (unpaired) electrons. The van der Waals surface area contributed by atoms with Gasteiger partial charge in [-0.15, -0.1) is 0 Å². The van der Waals surface area contributed by atoms with Crippen LogP contribution in [0.25, 0.3) is 10.8 Å². The lowest BCUT2D eigenvalue weighted by atomic mass is 9.84. The van der Waals surface area contributed by atoms with E-state index in [1.807, 2.05) is 13.8 Å². The van der Waals surface area contributed by atoms with E-state index in [-0.39, 0.29) is 29.3 Å². The molecule has 2 aliphatic rings. The smallest absolute Gasteiger partial charge is 0.420 e. The summed E-state index contributed by atoms with van der Waals surface area (Å²) >= 11 is 0. The summed E-state index contributed by atoms with van der Waals surface area (Å²) in [6.07, 6.45) is 0.480. The highest BCUT2D eigenvalue weighted by molar-refractivity contribution is 5.91. The van der Waals surface area contributed by atoms with Gasteiger partial charge in [-0.3, -0.25) is 9.69 Å². The number of benzene rings is 2. The van der Waals surface area contributed by atoms with E-state index in [0.717, 1.165) is 32.1 Å². The Bertz CT molecular complexity index is 1050. The number of carbonyl (C=O) groups is 1. The number of aliphatic carboxylic acids is 1. The fourth-order valence-corrected chi connectivity index (χ4v) is 6.03. The van der Waals surface area contributed by atoms with E-state index in [1.54, 1.807) is 24.3 Å². The summed E-state index contributed by atoms with van der Waals surface area (Å²) in [4.78, 5) is 13.8. The number of nitrogens with zero attached hydrogens (tertiary/aromatic N) is 1. The molecule has 0 amide bonds. The topological polar surface area (TPSA) is 49.8 Å². The van der Waals surface area contributed by atoms with E-state index >= 15 is 0 Å². The van der Waals surface area contributed by atoms with E-state index in [1.165, 1.54) is 6.07 Å². The first kappa shape index (κ1) is 25.8. The summed E-state index contributed by atoms with van der Waals surface area (Å²) in [5, 5.41) is 10.3. The van der Waals surface area contributed by atoms with Crippen LogP contribution in [-0.2, 0) is 17.5 Å². The molecule has 3 unspecified atom stereocenters. The van der Waals surface area contributed by atoms with Crippen LogP contribution in [0.2, 0.25) is 0 Å². The van der Waals surface area contributed by atoms with Gasteiger partial charge in [0.05, 0.1) is 12.0 Å². The van der Waals surface area contributed by atoms with Crippen molar-refractivity contribution in [3.8, 4) is 5.75 Å². The minimum absolute atomic E-state index is 0.00750. The summed E-state index contributed by atoms with van der Waals surface area (Å²) in [6.45, 7) is 6.50. The Morgan fingerprint density at radius 3 is 2.43 bits per heavy atom. The highest BCUT2D eigenvalue weighted by Crippen LogP contribution is 2.44. The first-order valence-corrected chi connectivity index (χ1v) is 12.9. The van der Waals surface area contributed by atoms with Gasteiger partial charge in [0.2, 0.25) is 0 Å². The van der Waals surface area contributed by atoms with E-state index in [4.69, 9.17) is 4.74 Å². The summed E-state index contributed by atoms with van der Waals surface area (Å²) < 4.78 is 49.7. The van der Waals surface area contributed by atoms with Crippen molar-refractivity contribution < 1.29 is 27.8 Å². The van der Waals surface area contributed by atoms with Gasteiger partial charge in [0.15, 0.2) is 0 Å². The first-order valence-electron chi connectivity index (χ1n) is 12.9. The van der Waals surface area contributed by atoms with E-state index in [2.05, 4.69) is 11.8 Å². The molecule has 0 spiro atoms. The zero-order valence-corrected chi connectivity index (χ0v) is 20.8. The Morgan fingerprint density at radius 2 is 1.80 bits per heavy atom. The van der Waals surface area contributed by atoms with Crippen LogP contribution >= 0.6 is 0 Å². The van der Waals surface area contributed by atoms with Gasteiger partial charge >= 0.3 is 12.1 Å². The van der Waals surface area contributed by atoms with Crippen LogP contribution in [0.15, 0.2) is 30.3 Å². The van der Waals surface area contributed by atoms with Gasteiger partial charge in [0, 0.05) is 24.0 Å². The molecule has 3 atom stereocenters. The summed E-state index contributed by atoms with van der Waals surface area (Å²) in [7, 11) is 0. The number of likely N-dealkylation sites (tertiary alicyclic amines) is 1. The number of rotatable bonds is 6. The van der Waals surface area contributed by atoms with Crippen molar-refractivity contribution in [3.05, 3.63) is 41.5 Å². The average molecular weight is 492 g/mol. The van der Waals surface area contributed by atoms with Crippen LogP contribution in [0.3, 0.4) is 0 Å². The number of carboxylic acid groups (broad SMARTS) is 1. The van der Waals surface area contributed by atoms with Crippen LogP contribution in [0.4, 0.5) is 13.2 Å². The standard InChI is InChI=1S/C28H36F3NO3/c1-4-22-15-21(27(33)34)14-18(3)32(22)16-20-7-5-6-19-10-13-24(26(25(19)20)28(29,30)31)35-23-11-8-17(2)9-12-23/h5-7,10,13,17-18,21-23H,4,8-9,11-12,14-16H2,1-3H3,(H,33,34). The molecule has 4 nitrogen and oxygen atoms in total. The predicted molar refractivity (Wildman–Crippen MR) is 130 cm³/mol. The molecule has 1 aliphatic carbocycles. The van der Waals surface area contributed by atoms with Crippen molar-refractivity contribution >= 4 is 16.7 Å². The van der Waals surface area contributed by atoms with Crippen LogP contribution < -0.4 is 4.74 Å². The maximum atomic E-state index is 14.6. The largest absolute Gasteiger partial charge is 0.490 e. The van der Waals surface area contributed by atoms with Gasteiger partial charge < -0.3 is 9.84 Å². The Labute approximate surface area is 205 Å². The van der Waals surface area contributed by atoms with Crippen molar-refractivity contribution in [2.24, 2.45) is 11.8 Å². The fraction of sp³-hybridized carbons (Fsp3) is 0.607. The van der Waals surface area contributed by atoms with Crippen LogP contribution in [0, 0.1) is 11.8 Å². The average Bonchev–Trinajstić information content (AvgIpc) is 2.80. The molecule has 4 rings (SSSR count). The third kappa shape index (κ3) is 5.60. The Kier molecular flexibility index (Phi) is 7.65. The Hall–Kier alpha value is -2.28. The highest BCUT2D eigenvalue weighted by Gasteiger charge is 2.40. The van der Waals surface area contributed by atoms with Crippen molar-refractivity contribution in [1.29, 1.82) is 0 Å². The first-order chi connectivity index (χ1) is 16.6. The highest BCUT2D eigenvalue weighted by atomic mass is 19.4. The molecule has 0 bridgehead atoms. The minimum Gasteiger partial charge on any atom is -0.490 e. The number of halogens is 3. The number of alkyl halides is 3. The normalized spacial score (nSPS) is 28.2. The zero-order chi connectivity index (χ0) is 25.3. The SMILES string of the molecule is CCC1CC(C(=O)O)CC(C)N1Cc1cccc2ccc(OC3CCC(C)CC3)c(C(F)(F)F)c12. The lowest BCUT2D eigenvalue weighted by Crippen LogP contribution is -2.48. The van der Waals surface area contributed by atoms with Crippen molar-refractivity contribution in [3.63, 3.8) is 0 Å². The van der Waals surface area contributed by atoms with Gasteiger partial charge in [-0.05, 0) is 74.8 Å². The zero-order valence-electron chi connectivity index (χ0n) is 20.8. The molecule has 2 fully saturated rings. The molecule has 1 saturated carbocycles. The lowest BCUT2D eigenvalue weighted by molar-refractivity contribution is -0.145. The molecule has 2 aromatic rings. The Morgan fingerprint density at radius 1 is 1.09 bits per heavy atom. The molecule has 1 N–H and O–H groups in total. The van der Waals surface area contributed by atoms with Gasteiger partial charge in [0.1, 0.15) is 11.3 Å². The number of piperidine rings is 1. The molecule has 192 valence electrons. The fourth-order valence-electron chi connectivity index (χ4n) is 6.03. The van der Waals surface area contributed by atoms with Crippen molar-refractivity contribution in [2.45, 2.75) is 96.6 Å². The van der Waals surface area contributed by atoms with Crippen LogP contribution in [-0.4, -0.2) is 34.2 Å². The number of ether oxygens (including phenoxy) is 1. The quantitative estimate of drug-likeness (QED) is 0.461. The summed E-state index contributed by atoms with van der Waals surface area (Å²) in [6, 6.07) is 8.46. The second-order valence-corrected chi connectivity index (χ2v) is 10.5. The molecule has 1 saturated heterocycles. The van der Waals surface area contributed by atoms with Gasteiger partial charge in [-0.1, -0.05) is 38.1 Å². The van der Waals surface area contributed by atoms with Crippen LogP contribution in [0.5, 0.6) is 5.75 Å². The van der Waals surface area contributed by atoms with Gasteiger partial charge in [0.25, 0.3) is 0 Å². The number of hydrogen-bond donors (Lipinski definition) is 1. The predicted octanol–water partition coefficient (Wildman–Crippen LogP) is 7.28. The molecule has 7 heteroatoms. The second kappa shape index (κ2) is 10.4. The number of hydrogen-bond acceptors (Lipinski definition) is 3. The second-order valence-electron chi connectivity index (χ2n) is 10.5. The van der Waals surface area contributed by atoms with Gasteiger partial charge in [-0.25, -0.2) is 0 Å². The van der Waals surface area contributed by atoms with E-state index < -0.39 is 23.6 Å². The maximum absolute atomic E-state index is 14.6. The number of fused-ring (bicyclic) bond motifs is 1. The number of carboxylic acids is 1. The molecular weight excluding hydrogens is 455 g/mol.